The van der Waals surface area contributed by atoms with Crippen molar-refractivity contribution < 1.29 is 0 Å². The second-order valence-corrected chi connectivity index (χ2v) is 8.08. The van der Waals surface area contributed by atoms with Crippen LogP contribution in [-0.2, 0) is 13.0 Å². The predicted molar refractivity (Wildman–Crippen MR) is 90.1 cm³/mol. The lowest BCUT2D eigenvalue weighted by Crippen LogP contribution is -2.42. The molecule has 114 valence electrons. The van der Waals surface area contributed by atoms with Crippen LogP contribution in [0.15, 0.2) is 24.3 Å². The first-order valence-electron chi connectivity index (χ1n) is 7.95. The van der Waals surface area contributed by atoms with Crippen LogP contribution in [0.3, 0.4) is 0 Å². The van der Waals surface area contributed by atoms with E-state index in [2.05, 4.69) is 77.6 Å². The third kappa shape index (κ3) is 6.09. The van der Waals surface area contributed by atoms with Gasteiger partial charge in [0.25, 0.3) is 0 Å². The van der Waals surface area contributed by atoms with Crippen molar-refractivity contribution in [2.45, 2.75) is 73.4 Å². The van der Waals surface area contributed by atoms with E-state index in [1.165, 1.54) is 17.5 Å². The van der Waals surface area contributed by atoms with Crippen LogP contribution in [0.25, 0.3) is 0 Å². The van der Waals surface area contributed by atoms with Gasteiger partial charge >= 0.3 is 0 Å². The number of nitrogens with zero attached hydrogens (tertiary/aromatic N) is 1. The van der Waals surface area contributed by atoms with Gasteiger partial charge in [-0.25, -0.2) is 0 Å². The summed E-state index contributed by atoms with van der Waals surface area (Å²) in [5.41, 5.74) is 3.49. The molecular formula is C19H33N. The van der Waals surface area contributed by atoms with E-state index in [0.29, 0.717) is 5.41 Å². The fourth-order valence-electron chi connectivity index (χ4n) is 2.29. The van der Waals surface area contributed by atoms with E-state index in [9.17, 15) is 0 Å². The normalized spacial score (nSPS) is 13.0. The second-order valence-electron chi connectivity index (χ2n) is 8.08. The lowest BCUT2D eigenvalue weighted by Gasteiger charge is -2.37. The minimum atomic E-state index is 0.216. The highest BCUT2D eigenvalue weighted by molar-refractivity contribution is 5.23. The lowest BCUT2D eigenvalue weighted by atomic mass is 9.91. The summed E-state index contributed by atoms with van der Waals surface area (Å²) < 4.78 is 0. The van der Waals surface area contributed by atoms with Crippen molar-refractivity contribution in [1.82, 2.24) is 4.90 Å². The topological polar surface area (TPSA) is 3.24 Å². The largest absolute Gasteiger partial charge is 0.294 e. The predicted octanol–water partition coefficient (Wildman–Crippen LogP) is 5.29. The molecule has 1 rings (SSSR count). The van der Waals surface area contributed by atoms with Crippen molar-refractivity contribution in [2.75, 3.05) is 6.54 Å². The van der Waals surface area contributed by atoms with Crippen molar-refractivity contribution >= 4 is 0 Å². The molecule has 0 spiro atoms. The smallest absolute Gasteiger partial charge is 0.0239 e. The number of rotatable bonds is 5. The van der Waals surface area contributed by atoms with Gasteiger partial charge in [0.2, 0.25) is 0 Å². The summed E-state index contributed by atoms with van der Waals surface area (Å²) in [6.45, 7) is 18.4. The number of benzene rings is 1. The standard InChI is InChI=1S/C19H33N/c1-8-16-10-9-11-17(14-16)15-20(19(5,6)7)13-12-18(2,3)4/h9-11,14H,8,12-13,15H2,1-7H3. The monoisotopic (exact) mass is 275 g/mol. The first kappa shape index (κ1) is 17.2. The van der Waals surface area contributed by atoms with E-state index < -0.39 is 0 Å². The fraction of sp³-hybridized carbons (Fsp3) is 0.684. The van der Waals surface area contributed by atoms with E-state index in [-0.39, 0.29) is 5.54 Å². The van der Waals surface area contributed by atoms with Crippen LogP contribution in [0.1, 0.15) is 66.0 Å². The molecule has 1 heteroatoms. The Morgan fingerprint density at radius 1 is 0.950 bits per heavy atom. The summed E-state index contributed by atoms with van der Waals surface area (Å²) in [6.07, 6.45) is 2.35. The van der Waals surface area contributed by atoms with Crippen LogP contribution >= 0.6 is 0 Å². The Bertz CT molecular complexity index is 407. The minimum Gasteiger partial charge on any atom is -0.294 e. The van der Waals surface area contributed by atoms with Crippen LogP contribution in [0.2, 0.25) is 0 Å². The van der Waals surface area contributed by atoms with Crippen LogP contribution in [0, 0.1) is 5.41 Å². The molecule has 1 aromatic rings. The third-order valence-corrected chi connectivity index (χ3v) is 3.85. The van der Waals surface area contributed by atoms with Gasteiger partial charge in [0, 0.05) is 12.1 Å². The molecule has 0 aliphatic carbocycles. The maximum absolute atomic E-state index is 2.60. The van der Waals surface area contributed by atoms with Gasteiger partial charge in [0.05, 0.1) is 0 Å². The van der Waals surface area contributed by atoms with Crippen LogP contribution < -0.4 is 0 Å². The van der Waals surface area contributed by atoms with E-state index in [1.807, 2.05) is 0 Å². The molecule has 0 atom stereocenters. The number of hydrogen-bond donors (Lipinski definition) is 0. The van der Waals surface area contributed by atoms with Gasteiger partial charge in [-0.15, -0.1) is 0 Å². The van der Waals surface area contributed by atoms with Gasteiger partial charge in [0.15, 0.2) is 0 Å². The quantitative estimate of drug-likeness (QED) is 0.706. The number of aryl methyl sites for hydroxylation is 1. The summed E-state index contributed by atoms with van der Waals surface area (Å²) in [5, 5.41) is 0. The average Bonchev–Trinajstić information content (AvgIpc) is 2.32. The summed E-state index contributed by atoms with van der Waals surface area (Å²) in [7, 11) is 0. The van der Waals surface area contributed by atoms with E-state index in [1.54, 1.807) is 0 Å². The Hall–Kier alpha value is -0.820. The summed E-state index contributed by atoms with van der Waals surface area (Å²) in [4.78, 5) is 2.60. The first-order valence-corrected chi connectivity index (χ1v) is 7.95. The summed E-state index contributed by atoms with van der Waals surface area (Å²) in [6, 6.07) is 9.03. The molecule has 0 unspecified atom stereocenters. The molecule has 0 fully saturated rings. The van der Waals surface area contributed by atoms with Gasteiger partial charge in [-0.1, -0.05) is 52.0 Å². The van der Waals surface area contributed by atoms with Gasteiger partial charge in [-0.3, -0.25) is 4.90 Å². The maximum atomic E-state index is 2.60. The molecule has 0 aliphatic heterocycles. The van der Waals surface area contributed by atoms with Crippen molar-refractivity contribution in [3.63, 3.8) is 0 Å². The van der Waals surface area contributed by atoms with Crippen LogP contribution in [-0.4, -0.2) is 17.0 Å². The van der Waals surface area contributed by atoms with Crippen LogP contribution in [0.5, 0.6) is 0 Å². The molecule has 1 nitrogen and oxygen atoms in total. The average molecular weight is 275 g/mol. The number of hydrogen-bond acceptors (Lipinski definition) is 1. The van der Waals surface area contributed by atoms with E-state index in [0.717, 1.165) is 19.5 Å². The van der Waals surface area contributed by atoms with Crippen molar-refractivity contribution in [3.05, 3.63) is 35.4 Å². The molecule has 20 heavy (non-hydrogen) atoms. The molecule has 0 N–H and O–H groups in total. The molecule has 0 heterocycles. The molecule has 1 aromatic carbocycles. The molecule has 0 saturated carbocycles. The van der Waals surface area contributed by atoms with E-state index >= 15 is 0 Å². The Balaban J connectivity index is 2.79. The Morgan fingerprint density at radius 2 is 1.55 bits per heavy atom. The van der Waals surface area contributed by atoms with Crippen molar-refractivity contribution in [3.8, 4) is 0 Å². The summed E-state index contributed by atoms with van der Waals surface area (Å²) >= 11 is 0. The lowest BCUT2D eigenvalue weighted by molar-refractivity contribution is 0.110. The van der Waals surface area contributed by atoms with E-state index in [4.69, 9.17) is 0 Å². The van der Waals surface area contributed by atoms with Crippen LogP contribution in [0.4, 0.5) is 0 Å². The molecular weight excluding hydrogens is 242 g/mol. The molecule has 0 radical (unpaired) electrons. The van der Waals surface area contributed by atoms with Gasteiger partial charge in [-0.2, -0.15) is 0 Å². The highest BCUT2D eigenvalue weighted by Gasteiger charge is 2.23. The SMILES string of the molecule is CCc1cccc(CN(CCC(C)(C)C)C(C)(C)C)c1. The van der Waals surface area contributed by atoms with Gasteiger partial charge in [0.1, 0.15) is 0 Å². The Kier molecular flexibility index (Phi) is 5.82. The molecule has 0 aromatic heterocycles. The Labute approximate surface area is 126 Å². The highest BCUT2D eigenvalue weighted by Crippen LogP contribution is 2.24. The van der Waals surface area contributed by atoms with Crippen molar-refractivity contribution in [1.29, 1.82) is 0 Å². The molecule has 0 amide bonds. The first-order chi connectivity index (χ1) is 9.12. The molecule has 0 bridgehead atoms. The zero-order valence-electron chi connectivity index (χ0n) is 14.6. The zero-order chi connectivity index (χ0) is 15.4. The summed E-state index contributed by atoms with van der Waals surface area (Å²) in [5.74, 6) is 0. The maximum Gasteiger partial charge on any atom is 0.0239 e. The fourth-order valence-corrected chi connectivity index (χ4v) is 2.29. The minimum absolute atomic E-state index is 0.216. The van der Waals surface area contributed by atoms with Gasteiger partial charge in [-0.05, 0) is 56.7 Å². The van der Waals surface area contributed by atoms with Gasteiger partial charge < -0.3 is 0 Å². The Morgan fingerprint density at radius 3 is 2.05 bits per heavy atom. The van der Waals surface area contributed by atoms with Crippen molar-refractivity contribution in [2.24, 2.45) is 5.41 Å². The third-order valence-electron chi connectivity index (χ3n) is 3.85. The second kappa shape index (κ2) is 6.76. The zero-order valence-corrected chi connectivity index (χ0v) is 14.6. The molecule has 0 aliphatic rings. The molecule has 0 saturated heterocycles. The highest BCUT2D eigenvalue weighted by atomic mass is 15.2.